The third kappa shape index (κ3) is 2.62. The zero-order chi connectivity index (χ0) is 15.2. The summed E-state index contributed by atoms with van der Waals surface area (Å²) in [6.45, 7) is 7.05. The quantitative estimate of drug-likeness (QED) is 0.854. The van der Waals surface area contributed by atoms with E-state index in [4.69, 9.17) is 0 Å². The van der Waals surface area contributed by atoms with Gasteiger partial charge in [-0.2, -0.15) is 0 Å². The van der Waals surface area contributed by atoms with Gasteiger partial charge in [0.1, 0.15) is 11.6 Å². The molecule has 0 radical (unpaired) electrons. The second-order valence-electron chi connectivity index (χ2n) is 8.20. The van der Waals surface area contributed by atoms with E-state index in [0.717, 1.165) is 37.4 Å². The van der Waals surface area contributed by atoms with Crippen molar-refractivity contribution >= 4 is 0 Å². The summed E-state index contributed by atoms with van der Waals surface area (Å²) in [5.41, 5.74) is 0. The second kappa shape index (κ2) is 5.85. The van der Waals surface area contributed by atoms with Crippen LogP contribution in [0, 0.1) is 11.8 Å². The summed E-state index contributed by atoms with van der Waals surface area (Å²) in [6.07, 6.45) is 9.71. The molecule has 1 saturated heterocycles. The molecule has 126 valence electrons. The molecule has 23 heavy (non-hydrogen) atoms. The highest BCUT2D eigenvalue weighted by atomic mass is 15.3. The van der Waals surface area contributed by atoms with E-state index in [9.17, 15) is 0 Å². The van der Waals surface area contributed by atoms with E-state index in [2.05, 4.69) is 24.6 Å². The van der Waals surface area contributed by atoms with Gasteiger partial charge < -0.3 is 4.57 Å². The fourth-order valence-corrected chi connectivity index (χ4v) is 5.60. The van der Waals surface area contributed by atoms with Crippen LogP contribution in [0.3, 0.4) is 0 Å². The SMILES string of the molecule is C1CCn2c(nnc2CN2CCN([C@@H]3C[C@H]4CC[C@H]3C4)CC2)C1. The van der Waals surface area contributed by atoms with Crippen molar-refractivity contribution in [3.63, 3.8) is 0 Å². The molecule has 0 spiro atoms. The Bertz CT molecular complexity index is 560. The van der Waals surface area contributed by atoms with Gasteiger partial charge >= 0.3 is 0 Å². The molecule has 2 saturated carbocycles. The van der Waals surface area contributed by atoms with Crippen LogP contribution >= 0.6 is 0 Å². The van der Waals surface area contributed by atoms with E-state index in [1.807, 2.05) is 0 Å². The number of nitrogens with zero attached hydrogens (tertiary/aromatic N) is 5. The molecule has 3 fully saturated rings. The number of piperazine rings is 1. The lowest BCUT2D eigenvalue weighted by atomic mass is 9.93. The molecular weight excluding hydrogens is 286 g/mol. The summed E-state index contributed by atoms with van der Waals surface area (Å²) in [6, 6.07) is 0.914. The first-order valence-corrected chi connectivity index (χ1v) is 9.74. The Labute approximate surface area is 139 Å². The third-order valence-electron chi connectivity index (χ3n) is 6.88. The van der Waals surface area contributed by atoms with Crippen LogP contribution in [0.4, 0.5) is 0 Å². The summed E-state index contributed by atoms with van der Waals surface area (Å²) in [5.74, 6) is 4.50. The third-order valence-corrected chi connectivity index (χ3v) is 6.88. The number of fused-ring (bicyclic) bond motifs is 3. The van der Waals surface area contributed by atoms with Crippen LogP contribution in [0.25, 0.3) is 0 Å². The summed E-state index contributed by atoms with van der Waals surface area (Å²) in [4.78, 5) is 5.40. The molecule has 0 N–H and O–H groups in total. The van der Waals surface area contributed by atoms with Gasteiger partial charge in [-0.05, 0) is 43.9 Å². The first-order valence-electron chi connectivity index (χ1n) is 9.74. The first kappa shape index (κ1) is 14.4. The lowest BCUT2D eigenvalue weighted by Crippen LogP contribution is -2.51. The van der Waals surface area contributed by atoms with Gasteiger partial charge in [-0.25, -0.2) is 0 Å². The van der Waals surface area contributed by atoms with Crippen molar-refractivity contribution in [1.29, 1.82) is 0 Å². The highest BCUT2D eigenvalue weighted by Gasteiger charge is 2.42. The lowest BCUT2D eigenvalue weighted by Gasteiger charge is -2.41. The minimum absolute atomic E-state index is 0.914. The summed E-state index contributed by atoms with van der Waals surface area (Å²) < 4.78 is 2.38. The number of aryl methyl sites for hydroxylation is 1. The Kier molecular flexibility index (Phi) is 3.66. The normalized spacial score (nSPS) is 34.9. The standard InChI is InChI=1S/C18H29N5/c1-2-6-23-17(3-1)19-20-18(23)13-21-7-9-22(10-8-21)16-12-14-4-5-15(16)11-14/h14-16H,1-13H2/t14-,15-,16+/m0/s1. The number of rotatable bonds is 3. The maximum absolute atomic E-state index is 4.48. The van der Waals surface area contributed by atoms with E-state index in [-0.39, 0.29) is 0 Å². The number of aromatic nitrogens is 3. The molecule has 4 aliphatic rings. The van der Waals surface area contributed by atoms with Crippen molar-refractivity contribution in [3.8, 4) is 0 Å². The van der Waals surface area contributed by atoms with Crippen LogP contribution in [0.15, 0.2) is 0 Å². The van der Waals surface area contributed by atoms with Crippen molar-refractivity contribution < 1.29 is 0 Å². The Hall–Kier alpha value is -0.940. The van der Waals surface area contributed by atoms with Crippen LogP contribution in [0.5, 0.6) is 0 Å². The van der Waals surface area contributed by atoms with Crippen LogP contribution in [0.2, 0.25) is 0 Å². The van der Waals surface area contributed by atoms with Gasteiger partial charge in [0.15, 0.2) is 0 Å². The molecule has 5 nitrogen and oxygen atoms in total. The van der Waals surface area contributed by atoms with Gasteiger partial charge in [0.05, 0.1) is 6.54 Å². The van der Waals surface area contributed by atoms with Gasteiger partial charge in [-0.15, -0.1) is 10.2 Å². The van der Waals surface area contributed by atoms with Crippen molar-refractivity contribution in [3.05, 3.63) is 11.6 Å². The zero-order valence-electron chi connectivity index (χ0n) is 14.2. The van der Waals surface area contributed by atoms with Gasteiger partial charge in [-0.1, -0.05) is 6.42 Å². The van der Waals surface area contributed by atoms with E-state index < -0.39 is 0 Å². The predicted octanol–water partition coefficient (Wildman–Crippen LogP) is 1.92. The van der Waals surface area contributed by atoms with E-state index >= 15 is 0 Å². The fourth-order valence-electron chi connectivity index (χ4n) is 5.60. The van der Waals surface area contributed by atoms with Crippen molar-refractivity contribution in [2.75, 3.05) is 26.2 Å². The Morgan fingerprint density at radius 2 is 1.83 bits per heavy atom. The van der Waals surface area contributed by atoms with Crippen LogP contribution in [0.1, 0.15) is 50.2 Å². The van der Waals surface area contributed by atoms with Crippen molar-refractivity contribution in [2.45, 2.75) is 64.1 Å². The van der Waals surface area contributed by atoms with E-state index in [1.54, 1.807) is 0 Å². The number of hydrogen-bond donors (Lipinski definition) is 0. The maximum atomic E-state index is 4.48. The van der Waals surface area contributed by atoms with E-state index in [1.165, 1.54) is 76.4 Å². The highest BCUT2D eigenvalue weighted by Crippen LogP contribution is 2.46. The van der Waals surface area contributed by atoms with Crippen LogP contribution in [-0.4, -0.2) is 56.8 Å². The molecule has 0 unspecified atom stereocenters. The lowest BCUT2D eigenvalue weighted by molar-refractivity contribution is 0.0662. The molecule has 5 heteroatoms. The molecule has 5 rings (SSSR count). The molecule has 0 aromatic carbocycles. The molecule has 1 aromatic rings. The highest BCUT2D eigenvalue weighted by molar-refractivity contribution is 5.00. The Balaban J connectivity index is 1.18. The molecule has 2 aliphatic heterocycles. The largest absolute Gasteiger partial charge is 0.314 e. The summed E-state index contributed by atoms with van der Waals surface area (Å²) >= 11 is 0. The molecule has 1 aromatic heterocycles. The summed E-state index contributed by atoms with van der Waals surface area (Å²) in [7, 11) is 0. The van der Waals surface area contributed by atoms with Crippen LogP contribution < -0.4 is 0 Å². The van der Waals surface area contributed by atoms with Crippen molar-refractivity contribution in [1.82, 2.24) is 24.6 Å². The van der Waals surface area contributed by atoms with E-state index in [0.29, 0.717) is 0 Å². The van der Waals surface area contributed by atoms with Crippen molar-refractivity contribution in [2.24, 2.45) is 11.8 Å². The van der Waals surface area contributed by atoms with Gasteiger partial charge in [-0.3, -0.25) is 9.80 Å². The van der Waals surface area contributed by atoms with Gasteiger partial charge in [0.2, 0.25) is 0 Å². The Morgan fingerprint density at radius 3 is 2.61 bits per heavy atom. The minimum Gasteiger partial charge on any atom is -0.314 e. The van der Waals surface area contributed by atoms with Crippen LogP contribution in [-0.2, 0) is 19.5 Å². The average Bonchev–Trinajstić information content (AvgIpc) is 3.31. The monoisotopic (exact) mass is 315 g/mol. The molecule has 2 bridgehead atoms. The van der Waals surface area contributed by atoms with Gasteiger partial charge in [0, 0.05) is 45.2 Å². The molecule has 0 amide bonds. The molecule has 3 heterocycles. The fraction of sp³-hybridized carbons (Fsp3) is 0.889. The van der Waals surface area contributed by atoms with Gasteiger partial charge in [0.25, 0.3) is 0 Å². The first-order chi connectivity index (χ1) is 11.4. The molecular formula is C18H29N5. The molecule has 3 atom stereocenters. The topological polar surface area (TPSA) is 37.2 Å². The maximum Gasteiger partial charge on any atom is 0.147 e. The predicted molar refractivity (Wildman–Crippen MR) is 89.0 cm³/mol. The number of hydrogen-bond acceptors (Lipinski definition) is 4. The zero-order valence-corrected chi connectivity index (χ0v) is 14.2. The minimum atomic E-state index is 0.914. The Morgan fingerprint density at radius 1 is 0.913 bits per heavy atom. The summed E-state index contributed by atoms with van der Waals surface area (Å²) in [5, 5.41) is 8.88. The molecule has 2 aliphatic carbocycles. The smallest absolute Gasteiger partial charge is 0.147 e. The average molecular weight is 315 g/mol. The second-order valence-corrected chi connectivity index (χ2v) is 8.20.